The number of nitrogens with one attached hydrogen (secondary N) is 1. The molecule has 0 unspecified atom stereocenters. The fourth-order valence-electron chi connectivity index (χ4n) is 3.05. The number of fused-ring (bicyclic) bond motifs is 1. The average molecular weight is 492 g/mol. The van der Waals surface area contributed by atoms with Crippen molar-refractivity contribution >= 4 is 39.1 Å². The molecule has 4 aromatic rings. The molecule has 1 N–H and O–H groups in total. The minimum atomic E-state index is -4.82. The first-order chi connectivity index (χ1) is 16.0. The van der Waals surface area contributed by atoms with E-state index in [0.717, 1.165) is 12.1 Å². The first kappa shape index (κ1) is 23.1. The van der Waals surface area contributed by atoms with E-state index in [-0.39, 0.29) is 27.6 Å². The van der Waals surface area contributed by atoms with E-state index in [4.69, 9.17) is 0 Å². The van der Waals surface area contributed by atoms with Crippen LogP contribution in [0.2, 0.25) is 0 Å². The van der Waals surface area contributed by atoms with Crippen LogP contribution in [0.15, 0.2) is 42.6 Å². The Morgan fingerprint density at radius 3 is 2.47 bits per heavy atom. The Hall–Kier alpha value is -4.07. The largest absolute Gasteiger partial charge is 0.573 e. The van der Waals surface area contributed by atoms with Gasteiger partial charge in [-0.25, -0.2) is 14.6 Å². The van der Waals surface area contributed by atoms with Crippen molar-refractivity contribution in [1.29, 1.82) is 0 Å². The topological polar surface area (TPSA) is 125 Å². The van der Waals surface area contributed by atoms with E-state index in [0.29, 0.717) is 27.9 Å². The number of thiophene rings is 1. The zero-order valence-corrected chi connectivity index (χ0v) is 18.3. The second-order valence-corrected chi connectivity index (χ2v) is 8.30. The molecule has 176 valence electrons. The van der Waals surface area contributed by atoms with Gasteiger partial charge in [0.1, 0.15) is 11.6 Å². The molecule has 4 rings (SSSR count). The first-order valence-corrected chi connectivity index (χ1v) is 10.5. The van der Waals surface area contributed by atoms with Crippen LogP contribution in [0.1, 0.15) is 29.6 Å². The number of nitro groups is 1. The number of amides is 1. The van der Waals surface area contributed by atoms with E-state index in [1.807, 2.05) is 13.8 Å². The number of halogens is 3. The maximum absolute atomic E-state index is 12.7. The maximum Gasteiger partial charge on any atom is 0.573 e. The van der Waals surface area contributed by atoms with Crippen LogP contribution < -0.4 is 10.1 Å². The van der Waals surface area contributed by atoms with Crippen molar-refractivity contribution in [2.45, 2.75) is 26.3 Å². The molecule has 0 fully saturated rings. The van der Waals surface area contributed by atoms with Crippen LogP contribution >= 0.6 is 11.3 Å². The lowest BCUT2D eigenvalue weighted by molar-refractivity contribution is -0.380. The highest BCUT2D eigenvalue weighted by molar-refractivity contribution is 7.17. The Labute approximate surface area is 193 Å². The van der Waals surface area contributed by atoms with Crippen molar-refractivity contribution in [3.63, 3.8) is 0 Å². The number of alkyl halides is 3. The van der Waals surface area contributed by atoms with Gasteiger partial charge in [0, 0.05) is 17.7 Å². The third-order valence-corrected chi connectivity index (χ3v) is 5.55. The van der Waals surface area contributed by atoms with Gasteiger partial charge in [0.15, 0.2) is 11.5 Å². The van der Waals surface area contributed by atoms with Crippen LogP contribution in [0, 0.1) is 10.1 Å². The number of rotatable bonds is 6. The predicted molar refractivity (Wildman–Crippen MR) is 117 cm³/mol. The summed E-state index contributed by atoms with van der Waals surface area (Å²) >= 11 is 0.709. The Morgan fingerprint density at radius 1 is 1.18 bits per heavy atom. The molecule has 0 bridgehead atoms. The number of hydrogen-bond donors (Lipinski definition) is 1. The second kappa shape index (κ2) is 8.70. The smallest absolute Gasteiger partial charge is 0.406 e. The van der Waals surface area contributed by atoms with Crippen molar-refractivity contribution < 1.29 is 27.6 Å². The van der Waals surface area contributed by atoms with Crippen LogP contribution in [-0.2, 0) is 0 Å². The van der Waals surface area contributed by atoms with E-state index in [1.54, 1.807) is 4.68 Å². The summed E-state index contributed by atoms with van der Waals surface area (Å²) in [4.78, 5) is 32.0. The number of benzene rings is 1. The molecule has 1 amide bonds. The molecule has 0 aliphatic carbocycles. The Morgan fingerprint density at radius 2 is 1.88 bits per heavy atom. The molecule has 0 aliphatic heterocycles. The van der Waals surface area contributed by atoms with Crippen molar-refractivity contribution in [2.24, 2.45) is 0 Å². The molecule has 0 spiro atoms. The molecule has 0 saturated carbocycles. The van der Waals surface area contributed by atoms with E-state index >= 15 is 0 Å². The van der Waals surface area contributed by atoms with Crippen LogP contribution in [0.5, 0.6) is 5.75 Å². The quantitative estimate of drug-likeness (QED) is 0.290. The van der Waals surface area contributed by atoms with Gasteiger partial charge in [-0.2, -0.15) is 5.10 Å². The number of hydrogen-bond acceptors (Lipinski definition) is 8. The zero-order valence-electron chi connectivity index (χ0n) is 17.5. The minimum Gasteiger partial charge on any atom is -0.406 e. The van der Waals surface area contributed by atoms with Gasteiger partial charge < -0.3 is 10.1 Å². The summed E-state index contributed by atoms with van der Waals surface area (Å²) in [6, 6.07) is 7.42. The van der Waals surface area contributed by atoms with Crippen LogP contribution in [0.25, 0.3) is 22.4 Å². The number of carbonyl (C=O) groups excluding carboxylic acids is 1. The van der Waals surface area contributed by atoms with Crippen LogP contribution in [-0.4, -0.2) is 36.9 Å². The van der Waals surface area contributed by atoms with Gasteiger partial charge in [-0.05, 0) is 44.2 Å². The van der Waals surface area contributed by atoms with Crippen molar-refractivity contribution in [3.8, 4) is 17.1 Å². The number of carbonyl (C=O) groups is 1. The number of nitrogens with zero attached hydrogens (tertiary/aromatic N) is 5. The van der Waals surface area contributed by atoms with E-state index in [9.17, 15) is 28.1 Å². The lowest BCUT2D eigenvalue weighted by Crippen LogP contribution is -2.17. The third-order valence-electron chi connectivity index (χ3n) is 4.52. The summed E-state index contributed by atoms with van der Waals surface area (Å²) in [5.74, 6) is -0.794. The van der Waals surface area contributed by atoms with Crippen LogP contribution in [0.3, 0.4) is 0 Å². The second-order valence-electron chi connectivity index (χ2n) is 7.24. The Kier molecular flexibility index (Phi) is 5.91. The van der Waals surface area contributed by atoms with E-state index < -0.39 is 22.9 Å². The van der Waals surface area contributed by atoms with Crippen LogP contribution in [0.4, 0.5) is 24.0 Å². The number of aromatic nitrogens is 4. The van der Waals surface area contributed by atoms with Gasteiger partial charge in [0.2, 0.25) is 0 Å². The maximum atomic E-state index is 12.7. The van der Waals surface area contributed by atoms with Gasteiger partial charge in [0.25, 0.3) is 5.91 Å². The molecular formula is C20H15F3N6O4S. The molecule has 10 nitrogen and oxygen atoms in total. The molecule has 0 radical (unpaired) electrons. The highest BCUT2D eigenvalue weighted by atomic mass is 32.1. The monoisotopic (exact) mass is 492 g/mol. The Balaban J connectivity index is 1.74. The summed E-state index contributed by atoms with van der Waals surface area (Å²) in [7, 11) is 0. The van der Waals surface area contributed by atoms with Gasteiger partial charge in [-0.15, -0.1) is 13.2 Å². The van der Waals surface area contributed by atoms with Crippen molar-refractivity contribution in [3.05, 3.63) is 57.6 Å². The fraction of sp³-hybridized carbons (Fsp3) is 0.200. The minimum absolute atomic E-state index is 0.0914. The van der Waals surface area contributed by atoms with Gasteiger partial charge in [-0.1, -0.05) is 11.3 Å². The van der Waals surface area contributed by atoms with Gasteiger partial charge in [-0.3, -0.25) is 14.9 Å². The molecule has 0 aliphatic rings. The lowest BCUT2D eigenvalue weighted by atomic mass is 10.2. The zero-order chi connectivity index (χ0) is 24.6. The highest BCUT2D eigenvalue weighted by Crippen LogP contribution is 2.30. The molecule has 1 aromatic carbocycles. The summed E-state index contributed by atoms with van der Waals surface area (Å²) in [5, 5.41) is 18.1. The first-order valence-electron chi connectivity index (χ1n) is 9.69. The van der Waals surface area contributed by atoms with Crippen molar-refractivity contribution in [2.75, 3.05) is 5.32 Å². The molecule has 0 saturated heterocycles. The normalized spacial score (nSPS) is 11.7. The Bertz CT molecular complexity index is 1380. The van der Waals surface area contributed by atoms with Gasteiger partial charge in [0.05, 0.1) is 21.4 Å². The average Bonchev–Trinajstić information content (AvgIpc) is 3.41. The highest BCUT2D eigenvalue weighted by Gasteiger charge is 2.31. The summed E-state index contributed by atoms with van der Waals surface area (Å²) in [6.07, 6.45) is -3.35. The summed E-state index contributed by atoms with van der Waals surface area (Å²) in [5.41, 5.74) is 0.762. The predicted octanol–water partition coefficient (Wildman–Crippen LogP) is 5.19. The summed E-state index contributed by atoms with van der Waals surface area (Å²) in [6.45, 7) is 3.75. The SMILES string of the molecule is CC(C)n1ncc2c(NC(=O)c3ccc([N+](=O)[O-])s3)nc(-c3ccc(OC(F)(F)F)cc3)nc21. The lowest BCUT2D eigenvalue weighted by Gasteiger charge is -2.11. The van der Waals surface area contributed by atoms with Crippen molar-refractivity contribution in [1.82, 2.24) is 19.7 Å². The molecule has 3 heterocycles. The molecule has 0 atom stereocenters. The summed E-state index contributed by atoms with van der Waals surface area (Å²) < 4.78 is 42.8. The standard InChI is InChI=1S/C20H15F3N6O4S/c1-10(2)28-18-13(9-24-28)17(27-19(30)14-7-8-15(34-14)29(31)32)25-16(26-18)11-3-5-12(6-4-11)33-20(21,22)23/h3-10H,1-2H3,(H,25,26,27,30). The number of anilines is 1. The molecular weight excluding hydrogens is 477 g/mol. The molecule has 3 aromatic heterocycles. The van der Waals surface area contributed by atoms with Gasteiger partial charge >= 0.3 is 11.4 Å². The fourth-order valence-corrected chi connectivity index (χ4v) is 3.77. The van der Waals surface area contributed by atoms with E-state index in [1.165, 1.54) is 30.5 Å². The third kappa shape index (κ3) is 4.80. The molecule has 34 heavy (non-hydrogen) atoms. The number of ether oxygens (including phenoxy) is 1. The van der Waals surface area contributed by atoms with E-state index in [2.05, 4.69) is 25.1 Å². The molecule has 14 heteroatoms.